The summed E-state index contributed by atoms with van der Waals surface area (Å²) in [5, 5.41) is 10.1. The van der Waals surface area contributed by atoms with E-state index in [9.17, 15) is 13.5 Å². The van der Waals surface area contributed by atoms with Crippen molar-refractivity contribution < 1.29 is 13.5 Å². The van der Waals surface area contributed by atoms with Gasteiger partial charge in [-0.2, -0.15) is 0 Å². The Bertz CT molecular complexity index is 332. The third kappa shape index (κ3) is 3.93. The minimum Gasteiger partial charge on any atom is -0.390 e. The molecule has 0 radical (unpaired) electrons. The van der Waals surface area contributed by atoms with Crippen LogP contribution in [0.4, 0.5) is 0 Å². The van der Waals surface area contributed by atoms with Crippen molar-refractivity contribution in [2.75, 3.05) is 18.8 Å². The highest BCUT2D eigenvalue weighted by atomic mass is 32.2. The highest BCUT2D eigenvalue weighted by Crippen LogP contribution is 2.27. The molecule has 1 fully saturated rings. The average Bonchev–Trinajstić information content (AvgIpc) is 2.29. The Morgan fingerprint density at radius 2 is 1.82 bits per heavy atom. The fraction of sp³-hybridized carbons (Fsp3) is 1.00. The quantitative estimate of drug-likeness (QED) is 0.819. The molecule has 1 rings (SSSR count). The van der Waals surface area contributed by atoms with Crippen LogP contribution >= 0.6 is 0 Å². The molecule has 1 heterocycles. The van der Waals surface area contributed by atoms with Gasteiger partial charge in [-0.05, 0) is 25.2 Å². The maximum absolute atomic E-state index is 12.1. The van der Waals surface area contributed by atoms with E-state index in [2.05, 4.69) is 0 Å². The van der Waals surface area contributed by atoms with Crippen molar-refractivity contribution in [3.63, 3.8) is 0 Å². The van der Waals surface area contributed by atoms with Gasteiger partial charge >= 0.3 is 0 Å². The molecule has 0 aromatic carbocycles. The smallest absolute Gasteiger partial charge is 0.214 e. The normalized spacial score (nSPS) is 23.5. The van der Waals surface area contributed by atoms with Crippen molar-refractivity contribution in [3.8, 4) is 0 Å². The summed E-state index contributed by atoms with van der Waals surface area (Å²) < 4.78 is 25.7. The van der Waals surface area contributed by atoms with Gasteiger partial charge in [-0.25, -0.2) is 12.7 Å². The van der Waals surface area contributed by atoms with Gasteiger partial charge in [0.05, 0.1) is 11.4 Å². The molecule has 102 valence electrons. The number of nitrogens with zero attached hydrogens (tertiary/aromatic N) is 1. The van der Waals surface area contributed by atoms with Gasteiger partial charge in [0.1, 0.15) is 0 Å². The van der Waals surface area contributed by atoms with Gasteiger partial charge in [0.25, 0.3) is 0 Å². The van der Waals surface area contributed by atoms with Crippen molar-refractivity contribution in [2.45, 2.75) is 52.1 Å². The number of hydrogen-bond acceptors (Lipinski definition) is 3. The van der Waals surface area contributed by atoms with Crippen LogP contribution in [0.2, 0.25) is 0 Å². The molecule has 0 saturated carbocycles. The SMILES string of the molecule is CCC(C)CS(=O)(=O)N1CCC(O)(CC)CC1. The molecule has 0 aliphatic carbocycles. The molecular weight excluding hydrogens is 238 g/mol. The molecule has 0 spiro atoms. The first-order valence-electron chi connectivity index (χ1n) is 6.53. The van der Waals surface area contributed by atoms with Crippen LogP contribution in [-0.2, 0) is 10.0 Å². The van der Waals surface area contributed by atoms with Gasteiger partial charge in [0, 0.05) is 13.1 Å². The average molecular weight is 263 g/mol. The van der Waals surface area contributed by atoms with Crippen LogP contribution in [-0.4, -0.2) is 42.3 Å². The van der Waals surface area contributed by atoms with Crippen LogP contribution in [0.5, 0.6) is 0 Å². The summed E-state index contributed by atoms with van der Waals surface area (Å²) in [6.07, 6.45) is 2.70. The topological polar surface area (TPSA) is 57.6 Å². The largest absolute Gasteiger partial charge is 0.390 e. The summed E-state index contributed by atoms with van der Waals surface area (Å²) in [7, 11) is -3.13. The van der Waals surface area contributed by atoms with Gasteiger partial charge in [0.15, 0.2) is 0 Å². The van der Waals surface area contributed by atoms with Crippen LogP contribution < -0.4 is 0 Å². The van der Waals surface area contributed by atoms with Crippen molar-refractivity contribution in [2.24, 2.45) is 5.92 Å². The molecule has 1 atom stereocenters. The predicted octanol–water partition coefficient (Wildman–Crippen LogP) is 1.60. The second-order valence-corrected chi connectivity index (χ2v) is 7.28. The number of sulfonamides is 1. The van der Waals surface area contributed by atoms with E-state index in [-0.39, 0.29) is 11.7 Å². The lowest BCUT2D eigenvalue weighted by Crippen LogP contribution is -2.47. The van der Waals surface area contributed by atoms with Gasteiger partial charge in [0.2, 0.25) is 10.0 Å². The molecule has 1 saturated heterocycles. The minimum atomic E-state index is -3.13. The monoisotopic (exact) mass is 263 g/mol. The predicted molar refractivity (Wildman–Crippen MR) is 69.3 cm³/mol. The molecule has 0 amide bonds. The Balaban J connectivity index is 2.59. The third-order valence-electron chi connectivity index (χ3n) is 3.90. The van der Waals surface area contributed by atoms with Crippen LogP contribution in [0, 0.1) is 5.92 Å². The van der Waals surface area contributed by atoms with Crippen molar-refractivity contribution in [1.29, 1.82) is 0 Å². The molecule has 0 bridgehead atoms. The Kier molecular flexibility index (Phi) is 4.98. The molecule has 1 N–H and O–H groups in total. The van der Waals surface area contributed by atoms with Crippen molar-refractivity contribution in [3.05, 3.63) is 0 Å². The molecule has 1 aliphatic heterocycles. The summed E-state index contributed by atoms with van der Waals surface area (Å²) in [6, 6.07) is 0. The maximum atomic E-state index is 12.1. The van der Waals surface area contributed by atoms with E-state index in [0.717, 1.165) is 6.42 Å². The summed E-state index contributed by atoms with van der Waals surface area (Å²) in [5.41, 5.74) is -0.650. The lowest BCUT2D eigenvalue weighted by molar-refractivity contribution is -0.00805. The molecule has 17 heavy (non-hydrogen) atoms. The zero-order chi connectivity index (χ0) is 13.1. The van der Waals surface area contributed by atoms with Gasteiger partial charge < -0.3 is 5.11 Å². The Morgan fingerprint density at radius 1 is 1.29 bits per heavy atom. The third-order valence-corrected chi connectivity index (χ3v) is 6.04. The van der Waals surface area contributed by atoms with Crippen LogP contribution in [0.1, 0.15) is 46.5 Å². The van der Waals surface area contributed by atoms with E-state index in [1.807, 2.05) is 20.8 Å². The number of piperidine rings is 1. The first-order valence-corrected chi connectivity index (χ1v) is 8.14. The second-order valence-electron chi connectivity index (χ2n) is 5.27. The van der Waals surface area contributed by atoms with E-state index < -0.39 is 15.6 Å². The molecular formula is C12H25NO3S. The lowest BCUT2D eigenvalue weighted by Gasteiger charge is -2.37. The Morgan fingerprint density at radius 3 is 2.24 bits per heavy atom. The Labute approximate surface area is 105 Å². The van der Waals surface area contributed by atoms with Crippen LogP contribution in [0.15, 0.2) is 0 Å². The summed E-state index contributed by atoms with van der Waals surface area (Å²) in [4.78, 5) is 0. The van der Waals surface area contributed by atoms with Crippen LogP contribution in [0.3, 0.4) is 0 Å². The van der Waals surface area contributed by atoms with E-state index in [4.69, 9.17) is 0 Å². The highest BCUT2D eigenvalue weighted by molar-refractivity contribution is 7.89. The number of hydrogen-bond donors (Lipinski definition) is 1. The van der Waals surface area contributed by atoms with Gasteiger partial charge in [-0.15, -0.1) is 0 Å². The van der Waals surface area contributed by atoms with E-state index in [0.29, 0.717) is 32.4 Å². The van der Waals surface area contributed by atoms with Gasteiger partial charge in [-0.1, -0.05) is 27.2 Å². The molecule has 0 aromatic rings. The first-order chi connectivity index (χ1) is 7.83. The first kappa shape index (κ1) is 14.9. The minimum absolute atomic E-state index is 0.201. The van der Waals surface area contributed by atoms with Crippen molar-refractivity contribution >= 4 is 10.0 Å². The molecule has 1 aliphatic rings. The zero-order valence-corrected chi connectivity index (χ0v) is 12.0. The Hall–Kier alpha value is -0.130. The highest BCUT2D eigenvalue weighted by Gasteiger charge is 2.35. The molecule has 5 heteroatoms. The van der Waals surface area contributed by atoms with Crippen molar-refractivity contribution in [1.82, 2.24) is 4.31 Å². The van der Waals surface area contributed by atoms with Gasteiger partial charge in [-0.3, -0.25) is 0 Å². The number of rotatable bonds is 5. The standard InChI is InChI=1S/C12H25NO3S/c1-4-11(3)10-17(15,16)13-8-6-12(14,5-2)7-9-13/h11,14H,4-10H2,1-3H3. The fourth-order valence-corrected chi connectivity index (χ4v) is 4.02. The van der Waals surface area contributed by atoms with E-state index in [1.54, 1.807) is 4.31 Å². The van der Waals surface area contributed by atoms with Crippen LogP contribution in [0.25, 0.3) is 0 Å². The second kappa shape index (κ2) is 5.67. The maximum Gasteiger partial charge on any atom is 0.214 e. The summed E-state index contributed by atoms with van der Waals surface area (Å²) in [5.74, 6) is 0.431. The summed E-state index contributed by atoms with van der Waals surface area (Å²) >= 11 is 0. The van der Waals surface area contributed by atoms with E-state index in [1.165, 1.54) is 0 Å². The molecule has 1 unspecified atom stereocenters. The fourth-order valence-electron chi connectivity index (χ4n) is 2.12. The van der Waals surface area contributed by atoms with E-state index >= 15 is 0 Å². The lowest BCUT2D eigenvalue weighted by atomic mass is 9.90. The molecule has 4 nitrogen and oxygen atoms in total. The zero-order valence-electron chi connectivity index (χ0n) is 11.1. The summed E-state index contributed by atoms with van der Waals surface area (Å²) in [6.45, 7) is 6.84. The molecule has 0 aromatic heterocycles. The number of aliphatic hydroxyl groups is 1.